The number of benzene rings is 3. The largest absolute Gasteiger partial charge is 0.493 e. The molecule has 0 unspecified atom stereocenters. The van der Waals surface area contributed by atoms with Crippen LogP contribution in [0.1, 0.15) is 22.8 Å². The van der Waals surface area contributed by atoms with Gasteiger partial charge in [-0.15, -0.1) is 0 Å². The molecule has 0 fully saturated rings. The summed E-state index contributed by atoms with van der Waals surface area (Å²) in [7, 11) is 3.13. The fourth-order valence-corrected chi connectivity index (χ4v) is 3.77. The van der Waals surface area contributed by atoms with Gasteiger partial charge in [0, 0.05) is 33.9 Å². The van der Waals surface area contributed by atoms with Crippen molar-refractivity contribution in [3.63, 3.8) is 0 Å². The monoisotopic (exact) mass is 385 g/mol. The van der Waals surface area contributed by atoms with E-state index in [4.69, 9.17) is 9.47 Å². The number of ketones is 1. The molecule has 0 saturated carbocycles. The van der Waals surface area contributed by atoms with Gasteiger partial charge >= 0.3 is 0 Å². The third kappa shape index (κ3) is 3.38. The second-order valence-electron chi connectivity index (χ2n) is 6.81. The quantitative estimate of drug-likeness (QED) is 0.314. The zero-order valence-corrected chi connectivity index (χ0v) is 16.8. The molecule has 0 spiro atoms. The van der Waals surface area contributed by atoms with Crippen LogP contribution in [0.4, 0.5) is 0 Å². The van der Waals surface area contributed by atoms with Crippen molar-refractivity contribution in [2.24, 2.45) is 0 Å². The molecular weight excluding hydrogens is 362 g/mol. The lowest BCUT2D eigenvalue weighted by Crippen LogP contribution is -1.97. The second-order valence-corrected chi connectivity index (χ2v) is 6.81. The second kappa shape index (κ2) is 7.84. The summed E-state index contributed by atoms with van der Waals surface area (Å²) < 4.78 is 12.8. The third-order valence-electron chi connectivity index (χ3n) is 5.21. The molecule has 0 aliphatic heterocycles. The number of para-hydroxylation sites is 1. The van der Waals surface area contributed by atoms with E-state index >= 15 is 0 Å². The molecule has 1 heterocycles. The average Bonchev–Trinajstić information content (AvgIpc) is 3.09. The van der Waals surface area contributed by atoms with Gasteiger partial charge in [-0.2, -0.15) is 0 Å². The van der Waals surface area contributed by atoms with Crippen molar-refractivity contribution in [2.45, 2.75) is 13.5 Å². The molecule has 3 aromatic carbocycles. The summed E-state index contributed by atoms with van der Waals surface area (Å²) in [6, 6.07) is 19.9. The lowest BCUT2D eigenvalue weighted by atomic mass is 10.1. The highest BCUT2D eigenvalue weighted by Crippen LogP contribution is 2.30. The molecule has 146 valence electrons. The summed E-state index contributed by atoms with van der Waals surface area (Å²) in [5, 5.41) is 2.42. The number of hydrogen-bond donors (Lipinski definition) is 0. The fraction of sp³-hybridized carbons (Fsp3) is 0.160. The van der Waals surface area contributed by atoms with Crippen LogP contribution in [-0.4, -0.2) is 24.6 Å². The number of nitrogens with zero attached hydrogens (tertiary/aromatic N) is 1. The molecule has 4 nitrogen and oxygen atoms in total. The zero-order valence-electron chi connectivity index (χ0n) is 16.8. The molecule has 0 amide bonds. The van der Waals surface area contributed by atoms with Crippen molar-refractivity contribution in [2.75, 3.05) is 14.2 Å². The van der Waals surface area contributed by atoms with E-state index in [1.54, 1.807) is 38.5 Å². The van der Waals surface area contributed by atoms with Crippen molar-refractivity contribution < 1.29 is 14.3 Å². The Hall–Kier alpha value is -3.53. The van der Waals surface area contributed by atoms with Crippen LogP contribution >= 0.6 is 0 Å². The molecular formula is C25H23NO3. The van der Waals surface area contributed by atoms with Crippen molar-refractivity contribution in [3.8, 4) is 11.5 Å². The van der Waals surface area contributed by atoms with Crippen LogP contribution in [-0.2, 0) is 6.54 Å². The minimum Gasteiger partial charge on any atom is -0.493 e. The van der Waals surface area contributed by atoms with Gasteiger partial charge in [0.2, 0.25) is 0 Å². The van der Waals surface area contributed by atoms with Gasteiger partial charge < -0.3 is 14.0 Å². The van der Waals surface area contributed by atoms with Crippen LogP contribution in [0.3, 0.4) is 0 Å². The Labute approximate surface area is 170 Å². The topological polar surface area (TPSA) is 40.5 Å². The highest BCUT2D eigenvalue weighted by molar-refractivity contribution is 6.10. The molecule has 4 heteroatoms. The normalized spacial score (nSPS) is 11.4. The Morgan fingerprint density at radius 1 is 0.897 bits per heavy atom. The Bertz CT molecular complexity index is 1230. The summed E-state index contributed by atoms with van der Waals surface area (Å²) in [6.07, 6.45) is 3.46. The van der Waals surface area contributed by atoms with E-state index in [-0.39, 0.29) is 5.78 Å². The van der Waals surface area contributed by atoms with Crippen molar-refractivity contribution in [1.29, 1.82) is 0 Å². The van der Waals surface area contributed by atoms with Crippen LogP contribution in [0.2, 0.25) is 0 Å². The van der Waals surface area contributed by atoms with E-state index in [1.807, 2.05) is 12.1 Å². The van der Waals surface area contributed by atoms with Crippen molar-refractivity contribution in [3.05, 3.63) is 77.9 Å². The molecule has 0 aliphatic carbocycles. The first-order chi connectivity index (χ1) is 14.2. The predicted octanol–water partition coefficient (Wildman–Crippen LogP) is 5.73. The first-order valence-corrected chi connectivity index (χ1v) is 9.61. The summed E-state index contributed by atoms with van der Waals surface area (Å²) in [5.41, 5.74) is 3.98. The SMILES string of the molecule is CCn1c2ccccc2c2cc(/C=C/C(=O)c3ccc(OC)c(OC)c3)ccc21. The van der Waals surface area contributed by atoms with Gasteiger partial charge in [0.05, 0.1) is 14.2 Å². The van der Waals surface area contributed by atoms with E-state index in [9.17, 15) is 4.79 Å². The number of carbonyl (C=O) groups excluding carboxylic acids is 1. The van der Waals surface area contributed by atoms with Gasteiger partial charge in [-0.3, -0.25) is 4.79 Å². The number of aryl methyl sites for hydroxylation is 1. The molecule has 0 radical (unpaired) electrons. The summed E-state index contributed by atoms with van der Waals surface area (Å²) in [5.74, 6) is 1.06. The number of carbonyl (C=O) groups is 1. The molecule has 4 rings (SSSR count). The first-order valence-electron chi connectivity index (χ1n) is 9.61. The van der Waals surface area contributed by atoms with Crippen LogP contribution in [0, 0.1) is 0 Å². The average molecular weight is 385 g/mol. The number of aromatic nitrogens is 1. The van der Waals surface area contributed by atoms with Gasteiger partial charge in [-0.25, -0.2) is 0 Å². The van der Waals surface area contributed by atoms with E-state index < -0.39 is 0 Å². The molecule has 0 aliphatic rings. The van der Waals surface area contributed by atoms with E-state index in [0.717, 1.165) is 12.1 Å². The van der Waals surface area contributed by atoms with Crippen LogP contribution in [0.5, 0.6) is 11.5 Å². The third-order valence-corrected chi connectivity index (χ3v) is 5.21. The maximum atomic E-state index is 12.6. The lowest BCUT2D eigenvalue weighted by molar-refractivity contribution is 0.104. The van der Waals surface area contributed by atoms with Gasteiger partial charge in [0.25, 0.3) is 0 Å². The van der Waals surface area contributed by atoms with Crippen LogP contribution in [0.25, 0.3) is 27.9 Å². The van der Waals surface area contributed by atoms with E-state index in [0.29, 0.717) is 17.1 Å². The molecule has 29 heavy (non-hydrogen) atoms. The number of allylic oxidation sites excluding steroid dienone is 1. The number of ether oxygens (including phenoxy) is 2. The van der Waals surface area contributed by atoms with Gasteiger partial charge in [-0.1, -0.05) is 30.3 Å². The van der Waals surface area contributed by atoms with Crippen molar-refractivity contribution in [1.82, 2.24) is 4.57 Å². The van der Waals surface area contributed by atoms with Crippen LogP contribution in [0.15, 0.2) is 66.7 Å². The van der Waals surface area contributed by atoms with Crippen LogP contribution < -0.4 is 9.47 Å². The standard InChI is InChI=1S/C25H23NO3/c1-4-26-21-8-6-5-7-19(21)20-15-17(9-12-22(20)26)10-13-23(27)18-11-14-24(28-2)25(16-18)29-3/h5-16H,4H2,1-3H3/b13-10+. The Kier molecular flexibility index (Phi) is 5.09. The fourth-order valence-electron chi connectivity index (χ4n) is 3.77. The minimum absolute atomic E-state index is 0.0814. The zero-order chi connectivity index (χ0) is 20.4. The van der Waals surface area contributed by atoms with Gasteiger partial charge in [-0.05, 0) is 55.0 Å². The number of fused-ring (bicyclic) bond motifs is 3. The Morgan fingerprint density at radius 2 is 1.66 bits per heavy atom. The maximum Gasteiger partial charge on any atom is 0.185 e. The lowest BCUT2D eigenvalue weighted by Gasteiger charge is -2.08. The van der Waals surface area contributed by atoms with E-state index in [1.165, 1.54) is 21.8 Å². The summed E-state index contributed by atoms with van der Waals surface area (Å²) in [6.45, 7) is 3.07. The highest BCUT2D eigenvalue weighted by Gasteiger charge is 2.10. The summed E-state index contributed by atoms with van der Waals surface area (Å²) >= 11 is 0. The molecule has 4 aromatic rings. The number of hydrogen-bond acceptors (Lipinski definition) is 3. The summed E-state index contributed by atoms with van der Waals surface area (Å²) in [4.78, 5) is 12.6. The number of methoxy groups -OCH3 is 2. The Morgan fingerprint density at radius 3 is 2.41 bits per heavy atom. The molecule has 0 bridgehead atoms. The first kappa shape index (κ1) is 18.8. The Balaban J connectivity index is 1.68. The van der Waals surface area contributed by atoms with Gasteiger partial charge in [0.15, 0.2) is 17.3 Å². The molecule has 0 N–H and O–H groups in total. The smallest absolute Gasteiger partial charge is 0.185 e. The minimum atomic E-state index is -0.0814. The van der Waals surface area contributed by atoms with E-state index in [2.05, 4.69) is 47.9 Å². The molecule has 0 saturated heterocycles. The maximum absolute atomic E-state index is 12.6. The predicted molar refractivity (Wildman–Crippen MR) is 118 cm³/mol. The van der Waals surface area contributed by atoms with Crippen molar-refractivity contribution >= 4 is 33.7 Å². The highest BCUT2D eigenvalue weighted by atomic mass is 16.5. The molecule has 1 aromatic heterocycles. The number of rotatable bonds is 6. The molecule has 0 atom stereocenters. The van der Waals surface area contributed by atoms with Gasteiger partial charge in [0.1, 0.15) is 0 Å².